The first-order valence-electron chi connectivity index (χ1n) is 11.2. The lowest BCUT2D eigenvalue weighted by atomic mass is 9.99. The van der Waals surface area contributed by atoms with E-state index in [-0.39, 0.29) is 11.7 Å². The van der Waals surface area contributed by atoms with E-state index in [1.165, 1.54) is 17.3 Å². The normalized spacial score (nSPS) is 11.9. The molecule has 0 aliphatic heterocycles. The molecule has 0 bridgehead atoms. The van der Waals surface area contributed by atoms with Crippen LogP contribution < -0.4 is 10.1 Å². The van der Waals surface area contributed by atoms with Gasteiger partial charge in [0, 0.05) is 11.3 Å². The molecule has 8 heteroatoms. The second-order valence-electron chi connectivity index (χ2n) is 7.97. The Morgan fingerprint density at radius 3 is 2.68 bits per heavy atom. The number of methoxy groups -OCH3 is 1. The molecule has 0 aliphatic carbocycles. The number of carbonyl (C=O) groups excluding carboxylic acids is 1. The third-order valence-electron chi connectivity index (χ3n) is 5.65. The van der Waals surface area contributed by atoms with E-state index in [1.54, 1.807) is 13.4 Å². The molecule has 34 heavy (non-hydrogen) atoms. The van der Waals surface area contributed by atoms with Gasteiger partial charge in [0.05, 0.1) is 25.7 Å². The standard InChI is InChI=1S/C26H28N4O3S/c1-4-18(2)19-10-12-21(13-11-19)27-24(31)17-34-26-29-28-25(20-7-5-8-22(15-20)32-3)30(26)16-23-9-6-14-33-23/h5-15,18H,4,16-17H2,1-3H3,(H,27,31)/t18-/m0/s1. The van der Waals surface area contributed by atoms with Gasteiger partial charge in [-0.1, -0.05) is 49.9 Å². The van der Waals surface area contributed by atoms with Crippen molar-refractivity contribution in [3.8, 4) is 17.1 Å². The Labute approximate surface area is 203 Å². The van der Waals surface area contributed by atoms with Gasteiger partial charge in [-0.3, -0.25) is 9.36 Å². The summed E-state index contributed by atoms with van der Waals surface area (Å²) < 4.78 is 12.9. The highest BCUT2D eigenvalue weighted by Crippen LogP contribution is 2.28. The topological polar surface area (TPSA) is 82.2 Å². The minimum atomic E-state index is -0.100. The molecule has 2 aromatic heterocycles. The molecule has 0 radical (unpaired) electrons. The minimum absolute atomic E-state index is 0.100. The molecule has 4 aromatic rings. The molecule has 0 spiro atoms. The smallest absolute Gasteiger partial charge is 0.234 e. The number of anilines is 1. The van der Waals surface area contributed by atoms with Crippen LogP contribution in [0.5, 0.6) is 5.75 Å². The zero-order chi connectivity index (χ0) is 23.9. The van der Waals surface area contributed by atoms with Gasteiger partial charge in [-0.15, -0.1) is 10.2 Å². The summed E-state index contributed by atoms with van der Waals surface area (Å²) in [5.74, 6) is 2.80. The SMILES string of the molecule is CC[C@H](C)c1ccc(NC(=O)CSc2nnc(-c3cccc(OC)c3)n2Cc2ccco2)cc1. The molecule has 0 saturated carbocycles. The van der Waals surface area contributed by atoms with Crippen molar-refractivity contribution in [2.45, 2.75) is 37.9 Å². The summed E-state index contributed by atoms with van der Waals surface area (Å²) in [6.45, 7) is 4.82. The second-order valence-corrected chi connectivity index (χ2v) is 8.91. The molecule has 0 unspecified atom stereocenters. The van der Waals surface area contributed by atoms with Gasteiger partial charge < -0.3 is 14.5 Å². The molecule has 2 aromatic carbocycles. The number of nitrogens with one attached hydrogen (secondary N) is 1. The van der Waals surface area contributed by atoms with Crippen LogP contribution in [0.3, 0.4) is 0 Å². The van der Waals surface area contributed by atoms with Gasteiger partial charge in [-0.25, -0.2) is 0 Å². The maximum Gasteiger partial charge on any atom is 0.234 e. The zero-order valence-electron chi connectivity index (χ0n) is 19.5. The van der Waals surface area contributed by atoms with Crippen molar-refractivity contribution in [2.24, 2.45) is 0 Å². The number of benzene rings is 2. The first-order chi connectivity index (χ1) is 16.6. The van der Waals surface area contributed by atoms with Gasteiger partial charge in [0.25, 0.3) is 0 Å². The summed E-state index contributed by atoms with van der Waals surface area (Å²) in [4.78, 5) is 12.6. The average molecular weight is 477 g/mol. The van der Waals surface area contributed by atoms with Crippen molar-refractivity contribution < 1.29 is 13.9 Å². The highest BCUT2D eigenvalue weighted by Gasteiger charge is 2.17. The maximum atomic E-state index is 12.6. The molecular formula is C26H28N4O3S. The van der Waals surface area contributed by atoms with Gasteiger partial charge in [0.1, 0.15) is 11.5 Å². The van der Waals surface area contributed by atoms with Gasteiger partial charge in [-0.05, 0) is 54.3 Å². The molecule has 2 heterocycles. The molecule has 1 N–H and O–H groups in total. The third-order valence-corrected chi connectivity index (χ3v) is 6.61. The van der Waals surface area contributed by atoms with Crippen LogP contribution in [0.4, 0.5) is 5.69 Å². The summed E-state index contributed by atoms with van der Waals surface area (Å²) in [6, 6.07) is 19.4. The molecule has 7 nitrogen and oxygen atoms in total. The highest BCUT2D eigenvalue weighted by molar-refractivity contribution is 7.99. The van der Waals surface area contributed by atoms with Gasteiger partial charge in [-0.2, -0.15) is 0 Å². The fourth-order valence-electron chi connectivity index (χ4n) is 3.53. The highest BCUT2D eigenvalue weighted by atomic mass is 32.2. The van der Waals surface area contributed by atoms with Crippen LogP contribution in [0, 0.1) is 0 Å². The van der Waals surface area contributed by atoms with Crippen LogP contribution in [0.1, 0.15) is 37.5 Å². The number of aromatic nitrogens is 3. The number of thioether (sulfide) groups is 1. The Morgan fingerprint density at radius 1 is 1.15 bits per heavy atom. The summed E-state index contributed by atoms with van der Waals surface area (Å²) in [5.41, 5.74) is 2.92. The maximum absolute atomic E-state index is 12.6. The Hall–Kier alpha value is -3.52. The predicted molar refractivity (Wildman–Crippen MR) is 134 cm³/mol. The summed E-state index contributed by atoms with van der Waals surface area (Å²) in [6.07, 6.45) is 2.72. The van der Waals surface area contributed by atoms with E-state index in [4.69, 9.17) is 9.15 Å². The van der Waals surface area contributed by atoms with Gasteiger partial charge in [0.2, 0.25) is 5.91 Å². The van der Waals surface area contributed by atoms with E-state index in [0.717, 1.165) is 29.2 Å². The molecule has 0 fully saturated rings. The van der Waals surface area contributed by atoms with Crippen molar-refractivity contribution in [2.75, 3.05) is 18.2 Å². The monoisotopic (exact) mass is 476 g/mol. The number of rotatable bonds is 10. The average Bonchev–Trinajstić information content (AvgIpc) is 3.53. The van der Waals surface area contributed by atoms with Crippen LogP contribution in [0.2, 0.25) is 0 Å². The molecule has 0 saturated heterocycles. The van der Waals surface area contributed by atoms with E-state index in [2.05, 4.69) is 41.5 Å². The van der Waals surface area contributed by atoms with E-state index < -0.39 is 0 Å². The van der Waals surface area contributed by atoms with Gasteiger partial charge >= 0.3 is 0 Å². The number of hydrogen-bond acceptors (Lipinski definition) is 6. The lowest BCUT2D eigenvalue weighted by molar-refractivity contribution is -0.113. The number of furan rings is 1. The van der Waals surface area contributed by atoms with E-state index >= 15 is 0 Å². The lowest BCUT2D eigenvalue weighted by Crippen LogP contribution is -2.15. The second kappa shape index (κ2) is 11.1. The van der Waals surface area contributed by atoms with Gasteiger partial charge in [0.15, 0.2) is 11.0 Å². The molecule has 0 aliphatic rings. The first kappa shape index (κ1) is 23.6. The molecule has 4 rings (SSSR count). The summed E-state index contributed by atoms with van der Waals surface area (Å²) >= 11 is 1.34. The Bertz CT molecular complexity index is 1220. The first-order valence-corrected chi connectivity index (χ1v) is 12.2. The molecule has 176 valence electrons. The molecule has 1 amide bonds. The zero-order valence-corrected chi connectivity index (χ0v) is 20.3. The van der Waals surface area contributed by atoms with Crippen LogP contribution in [0.25, 0.3) is 11.4 Å². The fourth-order valence-corrected chi connectivity index (χ4v) is 4.27. The van der Waals surface area contributed by atoms with Crippen molar-refractivity contribution in [3.05, 3.63) is 78.3 Å². The number of nitrogens with zero attached hydrogens (tertiary/aromatic N) is 3. The predicted octanol–water partition coefficient (Wildman–Crippen LogP) is 5.84. The van der Waals surface area contributed by atoms with E-state index in [9.17, 15) is 4.79 Å². The van der Waals surface area contributed by atoms with Crippen LogP contribution in [-0.2, 0) is 11.3 Å². The fraction of sp³-hybridized carbons (Fsp3) is 0.269. The molecular weight excluding hydrogens is 448 g/mol. The minimum Gasteiger partial charge on any atom is -0.497 e. The quantitative estimate of drug-likeness (QED) is 0.290. The number of carbonyl (C=O) groups is 1. The lowest BCUT2D eigenvalue weighted by Gasteiger charge is -2.11. The summed E-state index contributed by atoms with van der Waals surface area (Å²) in [7, 11) is 1.63. The van der Waals surface area contributed by atoms with Crippen LogP contribution in [-0.4, -0.2) is 33.5 Å². The van der Waals surface area contributed by atoms with Crippen molar-refractivity contribution in [1.29, 1.82) is 0 Å². The largest absolute Gasteiger partial charge is 0.497 e. The van der Waals surface area contributed by atoms with E-state index in [0.29, 0.717) is 23.4 Å². The third kappa shape index (κ3) is 5.69. The summed E-state index contributed by atoms with van der Waals surface area (Å²) in [5, 5.41) is 12.4. The Balaban J connectivity index is 1.48. The van der Waals surface area contributed by atoms with Crippen molar-refractivity contribution >= 4 is 23.4 Å². The molecule has 1 atom stereocenters. The van der Waals surface area contributed by atoms with Crippen LogP contribution >= 0.6 is 11.8 Å². The number of amides is 1. The Morgan fingerprint density at radius 2 is 1.97 bits per heavy atom. The van der Waals surface area contributed by atoms with E-state index in [1.807, 2.05) is 53.1 Å². The van der Waals surface area contributed by atoms with Crippen molar-refractivity contribution in [3.63, 3.8) is 0 Å². The van der Waals surface area contributed by atoms with Crippen LogP contribution in [0.15, 0.2) is 76.5 Å². The van der Waals surface area contributed by atoms with Crippen molar-refractivity contribution in [1.82, 2.24) is 14.8 Å². The Kier molecular flexibility index (Phi) is 7.69. The number of hydrogen-bond donors (Lipinski definition) is 1. The number of ether oxygens (including phenoxy) is 1.